The quantitative estimate of drug-likeness (QED) is 0.0778. The Kier molecular flexibility index (Phi) is 10.7. The third-order valence-corrected chi connectivity index (χ3v) is 16.0. The summed E-state index contributed by atoms with van der Waals surface area (Å²) in [5, 5.41) is 0. The van der Waals surface area contributed by atoms with Gasteiger partial charge in [0.15, 0.2) is 0 Å². The molecule has 1 aliphatic heterocycles. The van der Waals surface area contributed by atoms with Gasteiger partial charge in [0.25, 0.3) is 0 Å². The van der Waals surface area contributed by atoms with E-state index in [1.165, 1.54) is 19.8 Å². The molecule has 4 nitrogen and oxygen atoms in total. The van der Waals surface area contributed by atoms with E-state index in [1.807, 2.05) is 26.0 Å². The van der Waals surface area contributed by atoms with Crippen molar-refractivity contribution in [3.63, 3.8) is 0 Å². The summed E-state index contributed by atoms with van der Waals surface area (Å²) in [6.45, 7) is 22.9. The molecule has 1 aromatic carbocycles. The maximum absolute atomic E-state index is 15.5. The van der Waals surface area contributed by atoms with Crippen LogP contribution in [0.1, 0.15) is 124 Å². The Balaban J connectivity index is 2.09. The van der Waals surface area contributed by atoms with Crippen molar-refractivity contribution in [2.75, 3.05) is 0 Å². The van der Waals surface area contributed by atoms with Gasteiger partial charge in [0.2, 0.25) is 0 Å². The van der Waals surface area contributed by atoms with Crippen LogP contribution in [0, 0.1) is 28.1 Å². The monoisotopic (exact) mass is 817 g/mol. The first-order chi connectivity index (χ1) is 21.4. The zero-order valence-corrected chi connectivity index (χ0v) is 35.1. The van der Waals surface area contributed by atoms with Gasteiger partial charge in [-0.25, -0.2) is 0 Å². The summed E-state index contributed by atoms with van der Waals surface area (Å²) < 4.78 is 10.6. The minimum absolute atomic E-state index is 0.0307. The Morgan fingerprint density at radius 2 is 1.46 bits per heavy atom. The van der Waals surface area contributed by atoms with Crippen LogP contribution in [0.3, 0.4) is 0 Å². The molecular weight excluding hydrogens is 761 g/mol. The summed E-state index contributed by atoms with van der Waals surface area (Å²) in [6.07, 6.45) is 10.5. The molecule has 0 unspecified atom stereocenters. The van der Waals surface area contributed by atoms with Crippen LogP contribution < -0.4 is 3.12 Å². The standard InChI is InChI=1S/C40H53O4.CH3.Tl/c1-12-28-15-17-29(18-16-28)33(41)32-34(42)40(22-21-27(6)7)36(43)39(23-30(37(40,8)9)19-13-25(2)3)24-31(20-14-26(4)5)38(10,11)44-35(32)39;;/h13-15,17-18,21,30-31H,12,19-20,22-24H2,1-11H3;1H3;/t30-,31+,39+,40+;;/m1../s1. The molecule has 46 heavy (non-hydrogen) atoms. The first kappa shape index (κ1) is 36.7. The summed E-state index contributed by atoms with van der Waals surface area (Å²) in [5.74, 6) is -0.180. The fraction of sp³-hybridized carbons (Fsp3) is 0.585. The van der Waals surface area contributed by atoms with E-state index in [1.54, 1.807) is 0 Å². The number of ether oxygens (including phenoxy) is 1. The van der Waals surface area contributed by atoms with Gasteiger partial charge in [-0.2, -0.15) is 0 Å². The fourth-order valence-electron chi connectivity index (χ4n) is 8.38. The molecule has 1 saturated heterocycles. The summed E-state index contributed by atoms with van der Waals surface area (Å²) in [7, 11) is 0. The zero-order chi connectivity index (χ0) is 34.4. The minimum atomic E-state index is -1.36. The third-order valence-electron chi connectivity index (χ3n) is 11.5. The van der Waals surface area contributed by atoms with E-state index in [4.69, 9.17) is 4.74 Å². The molecular formula is C41H56O4Tl. The van der Waals surface area contributed by atoms with E-state index in [2.05, 4.69) is 91.1 Å². The van der Waals surface area contributed by atoms with E-state index >= 15 is 9.59 Å². The SMILES string of the molecule is CCc1ccc(C(=O)C2=C3OC(C)(C)[C@@H](CC=C(C)C)C[C@@]34C[C@@H](CC=C(C)C)C(C)(C)[C@@](CC=C(C)C)(C2=O)C4=O)c[c]1[Tl][CH3]. The van der Waals surface area contributed by atoms with Gasteiger partial charge in [-0.05, 0) is 27.7 Å². The summed E-state index contributed by atoms with van der Waals surface area (Å²) in [6, 6.07) is 6.01. The van der Waals surface area contributed by atoms with Gasteiger partial charge in [-0.3, -0.25) is 0 Å². The Bertz CT molecular complexity index is 1530. The van der Waals surface area contributed by atoms with E-state index < -0.39 is 46.1 Å². The molecule has 2 fully saturated rings. The van der Waals surface area contributed by atoms with Crippen LogP contribution in [0.25, 0.3) is 0 Å². The van der Waals surface area contributed by atoms with Crippen LogP contribution in [0.5, 0.6) is 0 Å². The first-order valence-corrected chi connectivity index (χ1v) is 24.0. The number of benzene rings is 1. The summed E-state index contributed by atoms with van der Waals surface area (Å²) in [5.41, 5.74) is 1.76. The van der Waals surface area contributed by atoms with Gasteiger partial charge in [0.1, 0.15) is 0 Å². The number of carbonyl (C=O) groups excluding carboxylic acids is 3. The number of hydrogen-bond acceptors (Lipinski definition) is 4. The van der Waals surface area contributed by atoms with Crippen molar-refractivity contribution >= 4 is 44.7 Å². The van der Waals surface area contributed by atoms with Gasteiger partial charge in [-0.15, -0.1) is 0 Å². The molecule has 2 bridgehead atoms. The summed E-state index contributed by atoms with van der Waals surface area (Å²) in [4.78, 5) is 45.8. The van der Waals surface area contributed by atoms with Crippen molar-refractivity contribution in [3.05, 3.63) is 75.6 Å². The molecule has 1 saturated carbocycles. The Morgan fingerprint density at radius 1 is 0.891 bits per heavy atom. The maximum atomic E-state index is 15.5. The average Bonchev–Trinajstić information content (AvgIpc) is 2.97. The predicted molar refractivity (Wildman–Crippen MR) is 191 cm³/mol. The van der Waals surface area contributed by atoms with Crippen molar-refractivity contribution in [1.82, 2.24) is 0 Å². The molecule has 2 aliphatic carbocycles. The number of hydrogen-bond donors (Lipinski definition) is 0. The molecule has 4 atom stereocenters. The van der Waals surface area contributed by atoms with Gasteiger partial charge < -0.3 is 0 Å². The summed E-state index contributed by atoms with van der Waals surface area (Å²) >= 11 is -1.23. The van der Waals surface area contributed by atoms with Crippen molar-refractivity contribution in [3.8, 4) is 0 Å². The molecule has 1 aromatic rings. The van der Waals surface area contributed by atoms with E-state index in [9.17, 15) is 4.79 Å². The second-order valence-corrected chi connectivity index (χ2v) is 20.6. The van der Waals surface area contributed by atoms with Crippen molar-refractivity contribution < 1.29 is 19.1 Å². The molecule has 0 aromatic heterocycles. The van der Waals surface area contributed by atoms with E-state index in [0.29, 0.717) is 30.6 Å². The molecule has 0 N–H and O–H groups in total. The van der Waals surface area contributed by atoms with Crippen LogP contribution in [0.2, 0.25) is 4.48 Å². The van der Waals surface area contributed by atoms with Crippen molar-refractivity contribution in [2.45, 2.75) is 125 Å². The van der Waals surface area contributed by atoms with Crippen LogP contribution in [0.4, 0.5) is 0 Å². The Labute approximate surface area is 290 Å². The zero-order valence-electron chi connectivity index (χ0n) is 30.6. The Hall–Kier alpha value is -2.09. The van der Waals surface area contributed by atoms with Crippen LogP contribution in [-0.4, -0.2) is 47.2 Å². The number of Topliss-reactive ketones (excluding diaryl/α,β-unsaturated/α-hetero) is 3. The van der Waals surface area contributed by atoms with Crippen LogP contribution >= 0.6 is 0 Å². The van der Waals surface area contributed by atoms with Gasteiger partial charge in [-0.1, -0.05) is 0 Å². The van der Waals surface area contributed by atoms with Gasteiger partial charge >= 0.3 is 265 Å². The van der Waals surface area contributed by atoms with Crippen molar-refractivity contribution in [1.29, 1.82) is 0 Å². The first-order valence-electron chi connectivity index (χ1n) is 17.3. The number of aryl methyl sites for hydroxylation is 1. The average molecular weight is 817 g/mol. The van der Waals surface area contributed by atoms with Crippen molar-refractivity contribution in [2.24, 2.45) is 28.1 Å². The molecule has 247 valence electrons. The van der Waals surface area contributed by atoms with E-state index in [-0.39, 0.29) is 34.8 Å². The van der Waals surface area contributed by atoms with Crippen LogP contribution in [-0.2, 0) is 20.7 Å². The van der Waals surface area contributed by atoms with E-state index in [0.717, 1.165) is 24.8 Å². The molecule has 0 radical (unpaired) electrons. The van der Waals surface area contributed by atoms with Crippen LogP contribution in [0.15, 0.2) is 64.5 Å². The Morgan fingerprint density at radius 3 is 2.00 bits per heavy atom. The number of allylic oxidation sites excluding steroid dienone is 8. The number of carbonyl (C=O) groups is 3. The number of fused-ring (bicyclic) bond motifs is 1. The molecule has 4 rings (SSSR count). The number of ketones is 3. The predicted octanol–water partition coefficient (Wildman–Crippen LogP) is 9.12. The second kappa shape index (κ2) is 13.4. The molecule has 1 heterocycles. The van der Waals surface area contributed by atoms with Gasteiger partial charge in [0, 0.05) is 0 Å². The molecule has 3 aliphatic rings. The number of rotatable bonds is 10. The molecule has 0 amide bonds. The molecule has 5 heteroatoms. The fourth-order valence-corrected chi connectivity index (χ4v) is 12.3. The normalized spacial score (nSPS) is 27.6. The van der Waals surface area contributed by atoms with Gasteiger partial charge in [0.05, 0.1) is 0 Å². The second-order valence-electron chi connectivity index (χ2n) is 16.0. The third kappa shape index (κ3) is 6.14. The molecule has 1 spiro atoms. The topological polar surface area (TPSA) is 60.4 Å².